The second kappa shape index (κ2) is 4.73. The minimum atomic E-state index is 0.505. The third kappa shape index (κ3) is 2.57. The minimum absolute atomic E-state index is 0.505. The maximum absolute atomic E-state index is 5.62. The van der Waals surface area contributed by atoms with Crippen LogP contribution < -0.4 is 5.84 Å². The van der Waals surface area contributed by atoms with Gasteiger partial charge in [-0.15, -0.1) is 0 Å². The Hall–Kier alpha value is -1.59. The number of nitrogens with two attached hydrogens (primary N) is 1. The van der Waals surface area contributed by atoms with Crippen molar-refractivity contribution >= 4 is 32.6 Å². The van der Waals surface area contributed by atoms with E-state index >= 15 is 0 Å². The lowest BCUT2D eigenvalue weighted by atomic mass is 10.3. The maximum Gasteiger partial charge on any atom is 0.228 e. The van der Waals surface area contributed by atoms with Crippen molar-refractivity contribution in [2.24, 2.45) is 5.84 Å². The number of hydrogen-bond acceptors (Lipinski definition) is 4. The van der Waals surface area contributed by atoms with Gasteiger partial charge in [-0.1, -0.05) is 28.6 Å². The summed E-state index contributed by atoms with van der Waals surface area (Å²) in [5.41, 5.74) is 2.26. The summed E-state index contributed by atoms with van der Waals surface area (Å²) in [5.74, 6) is 6.06. The van der Waals surface area contributed by atoms with Crippen molar-refractivity contribution in [3.8, 4) is 0 Å². The first kappa shape index (κ1) is 11.9. The summed E-state index contributed by atoms with van der Waals surface area (Å²) in [5, 5.41) is 1.43. The molecular formula is C12H12BrN3O. The van der Waals surface area contributed by atoms with Crippen LogP contribution in [0.1, 0.15) is 5.89 Å². The van der Waals surface area contributed by atoms with E-state index in [0.29, 0.717) is 5.89 Å². The molecule has 0 aliphatic carbocycles. The number of fused-ring (bicyclic) bond motifs is 1. The normalized spacial score (nSPS) is 11.8. The van der Waals surface area contributed by atoms with Crippen molar-refractivity contribution in [3.63, 3.8) is 0 Å². The molecule has 0 amide bonds. The molecule has 88 valence electrons. The van der Waals surface area contributed by atoms with Gasteiger partial charge >= 0.3 is 0 Å². The quantitative estimate of drug-likeness (QED) is 0.537. The molecule has 17 heavy (non-hydrogen) atoms. The molecule has 0 spiro atoms. The standard InChI is InChI=1S/C12H12BrN3O/c1-3-8(7-16(2)14)12-15-10-6-9(13)4-5-11(10)17-12/h3-7H,1,14H2,2H3/b8-7+. The topological polar surface area (TPSA) is 55.3 Å². The molecular weight excluding hydrogens is 282 g/mol. The summed E-state index contributed by atoms with van der Waals surface area (Å²) in [6.07, 6.45) is 3.36. The first-order chi connectivity index (χ1) is 8.10. The molecule has 0 atom stereocenters. The molecule has 0 bridgehead atoms. The number of aromatic nitrogens is 1. The summed E-state index contributed by atoms with van der Waals surface area (Å²) >= 11 is 3.39. The first-order valence-electron chi connectivity index (χ1n) is 4.98. The summed E-state index contributed by atoms with van der Waals surface area (Å²) < 4.78 is 6.59. The highest BCUT2D eigenvalue weighted by atomic mass is 79.9. The number of benzene rings is 1. The van der Waals surface area contributed by atoms with Crippen LogP contribution in [0.3, 0.4) is 0 Å². The first-order valence-corrected chi connectivity index (χ1v) is 5.77. The Balaban J connectivity index is 2.52. The van der Waals surface area contributed by atoms with Gasteiger partial charge in [0.2, 0.25) is 5.89 Å². The predicted octanol–water partition coefficient (Wildman–Crippen LogP) is 2.92. The van der Waals surface area contributed by atoms with Crippen LogP contribution in [0.5, 0.6) is 0 Å². The number of hydrogen-bond donors (Lipinski definition) is 1. The zero-order chi connectivity index (χ0) is 12.4. The highest BCUT2D eigenvalue weighted by Gasteiger charge is 2.09. The highest BCUT2D eigenvalue weighted by Crippen LogP contribution is 2.24. The Morgan fingerprint density at radius 2 is 2.35 bits per heavy atom. The molecule has 5 heteroatoms. The predicted molar refractivity (Wildman–Crippen MR) is 71.8 cm³/mol. The average molecular weight is 294 g/mol. The molecule has 0 saturated carbocycles. The van der Waals surface area contributed by atoms with Crippen molar-refractivity contribution < 1.29 is 4.42 Å². The number of hydrazine groups is 1. The van der Waals surface area contributed by atoms with Gasteiger partial charge in [-0.2, -0.15) is 0 Å². The van der Waals surface area contributed by atoms with E-state index in [-0.39, 0.29) is 0 Å². The maximum atomic E-state index is 5.62. The van der Waals surface area contributed by atoms with E-state index in [4.69, 9.17) is 10.3 Å². The molecule has 0 radical (unpaired) electrons. The Morgan fingerprint density at radius 1 is 1.59 bits per heavy atom. The third-order valence-electron chi connectivity index (χ3n) is 2.16. The van der Waals surface area contributed by atoms with E-state index in [0.717, 1.165) is 21.1 Å². The molecule has 0 saturated heterocycles. The van der Waals surface area contributed by atoms with E-state index in [1.165, 1.54) is 5.01 Å². The fourth-order valence-electron chi connectivity index (χ4n) is 1.44. The number of halogens is 1. The van der Waals surface area contributed by atoms with Crippen LogP contribution in [0.2, 0.25) is 0 Å². The molecule has 0 fully saturated rings. The third-order valence-corrected chi connectivity index (χ3v) is 2.65. The second-order valence-corrected chi connectivity index (χ2v) is 4.50. The van der Waals surface area contributed by atoms with Crippen molar-refractivity contribution in [1.82, 2.24) is 9.99 Å². The SMILES string of the molecule is C=C/C(=C\N(C)N)c1nc2cc(Br)ccc2o1. The van der Waals surface area contributed by atoms with E-state index < -0.39 is 0 Å². The number of rotatable bonds is 3. The van der Waals surface area contributed by atoms with Crippen molar-refractivity contribution in [1.29, 1.82) is 0 Å². The Morgan fingerprint density at radius 3 is 3.00 bits per heavy atom. The Bertz CT molecular complexity index is 586. The number of oxazole rings is 1. The lowest BCUT2D eigenvalue weighted by molar-refractivity contribution is 0.484. The van der Waals surface area contributed by atoms with Crippen LogP contribution in [0.4, 0.5) is 0 Å². The summed E-state index contributed by atoms with van der Waals surface area (Å²) in [7, 11) is 1.72. The monoisotopic (exact) mass is 293 g/mol. The summed E-state index contributed by atoms with van der Waals surface area (Å²) in [4.78, 5) is 4.38. The van der Waals surface area contributed by atoms with Crippen LogP contribution in [0.15, 0.2) is 45.9 Å². The average Bonchev–Trinajstić information content (AvgIpc) is 2.68. The Labute approximate surface area is 108 Å². The number of allylic oxidation sites excluding steroid dienone is 2. The van der Waals surface area contributed by atoms with Crippen LogP contribution in [-0.4, -0.2) is 17.0 Å². The minimum Gasteiger partial charge on any atom is -0.436 e. The molecule has 1 aromatic carbocycles. The molecule has 1 heterocycles. The van der Waals surface area contributed by atoms with Crippen LogP contribution in [0.25, 0.3) is 16.7 Å². The molecule has 1 aromatic heterocycles. The van der Waals surface area contributed by atoms with Gasteiger partial charge in [-0.25, -0.2) is 10.8 Å². The van der Waals surface area contributed by atoms with Crippen LogP contribution >= 0.6 is 15.9 Å². The fraction of sp³-hybridized carbons (Fsp3) is 0.0833. The van der Waals surface area contributed by atoms with Crippen molar-refractivity contribution in [2.45, 2.75) is 0 Å². The van der Waals surface area contributed by atoms with Crippen LogP contribution in [-0.2, 0) is 0 Å². The summed E-state index contributed by atoms with van der Waals surface area (Å²) in [6.45, 7) is 3.72. The molecule has 0 aliphatic rings. The van der Waals surface area contributed by atoms with Gasteiger partial charge in [0, 0.05) is 17.7 Å². The van der Waals surface area contributed by atoms with Gasteiger partial charge in [0.1, 0.15) is 5.52 Å². The van der Waals surface area contributed by atoms with Gasteiger partial charge in [0.15, 0.2) is 5.58 Å². The van der Waals surface area contributed by atoms with E-state index in [2.05, 4.69) is 27.5 Å². The zero-order valence-corrected chi connectivity index (χ0v) is 10.9. The van der Waals surface area contributed by atoms with E-state index in [1.807, 2.05) is 18.2 Å². The Kier molecular flexibility index (Phi) is 3.31. The second-order valence-electron chi connectivity index (χ2n) is 3.59. The smallest absolute Gasteiger partial charge is 0.228 e. The van der Waals surface area contributed by atoms with Gasteiger partial charge in [0.25, 0.3) is 0 Å². The van der Waals surface area contributed by atoms with Gasteiger partial charge < -0.3 is 9.43 Å². The van der Waals surface area contributed by atoms with E-state index in [9.17, 15) is 0 Å². The van der Waals surface area contributed by atoms with Gasteiger partial charge in [-0.05, 0) is 18.2 Å². The highest BCUT2D eigenvalue weighted by molar-refractivity contribution is 9.10. The van der Waals surface area contributed by atoms with Gasteiger partial charge in [0.05, 0.1) is 5.57 Å². The van der Waals surface area contributed by atoms with Crippen LogP contribution in [0, 0.1) is 0 Å². The lowest BCUT2D eigenvalue weighted by Gasteiger charge is -2.05. The molecule has 2 N–H and O–H groups in total. The van der Waals surface area contributed by atoms with Crippen molar-refractivity contribution in [3.05, 3.63) is 47.4 Å². The molecule has 2 rings (SSSR count). The fourth-order valence-corrected chi connectivity index (χ4v) is 1.79. The number of nitrogens with zero attached hydrogens (tertiary/aromatic N) is 2. The summed E-state index contributed by atoms with van der Waals surface area (Å²) in [6, 6.07) is 5.67. The van der Waals surface area contributed by atoms with Gasteiger partial charge in [-0.3, -0.25) is 0 Å². The van der Waals surface area contributed by atoms with Crippen molar-refractivity contribution in [2.75, 3.05) is 7.05 Å². The molecule has 4 nitrogen and oxygen atoms in total. The van der Waals surface area contributed by atoms with E-state index in [1.54, 1.807) is 19.3 Å². The molecule has 0 aliphatic heterocycles. The molecule has 0 unspecified atom stereocenters. The lowest BCUT2D eigenvalue weighted by Crippen LogP contribution is -2.19. The largest absolute Gasteiger partial charge is 0.436 e. The molecule has 2 aromatic rings. The zero-order valence-electron chi connectivity index (χ0n) is 9.35.